The Hall–Kier alpha value is -4.31. The number of esters is 1. The third-order valence-electron chi connectivity index (χ3n) is 7.11. The van der Waals surface area contributed by atoms with Gasteiger partial charge in [0.1, 0.15) is 29.9 Å². The number of nitrogens with zero attached hydrogens (tertiary/aromatic N) is 3. The molecular weight excluding hydrogens is 478 g/mol. The van der Waals surface area contributed by atoms with E-state index in [1.54, 1.807) is 20.1 Å². The maximum absolute atomic E-state index is 12.1. The molecule has 0 atom stereocenters. The van der Waals surface area contributed by atoms with Crippen LogP contribution >= 0.6 is 0 Å². The van der Waals surface area contributed by atoms with Crippen molar-refractivity contribution in [3.05, 3.63) is 77.5 Å². The highest BCUT2D eigenvalue weighted by Gasteiger charge is 2.22. The summed E-state index contributed by atoms with van der Waals surface area (Å²) in [6.07, 6.45) is 3.88. The Balaban J connectivity index is 1.50. The number of benzene rings is 3. The largest absolute Gasteiger partial charge is 0.495 e. The van der Waals surface area contributed by atoms with Crippen molar-refractivity contribution in [3.8, 4) is 28.7 Å². The summed E-state index contributed by atoms with van der Waals surface area (Å²) in [5.41, 5.74) is 4.94. The third kappa shape index (κ3) is 5.21. The van der Waals surface area contributed by atoms with Crippen LogP contribution in [0.1, 0.15) is 43.0 Å². The Morgan fingerprint density at radius 3 is 2.71 bits per heavy atom. The minimum Gasteiger partial charge on any atom is -0.495 e. The van der Waals surface area contributed by atoms with Crippen LogP contribution in [0.2, 0.25) is 0 Å². The summed E-state index contributed by atoms with van der Waals surface area (Å²) < 4.78 is 19.1. The van der Waals surface area contributed by atoms with Crippen molar-refractivity contribution in [2.24, 2.45) is 5.92 Å². The van der Waals surface area contributed by atoms with Crippen LogP contribution in [0.15, 0.2) is 60.7 Å². The van der Waals surface area contributed by atoms with Gasteiger partial charge >= 0.3 is 5.97 Å². The summed E-state index contributed by atoms with van der Waals surface area (Å²) in [4.78, 5) is 12.1. The van der Waals surface area contributed by atoms with E-state index < -0.39 is 0 Å². The first-order valence-corrected chi connectivity index (χ1v) is 13.0. The number of carbonyl (C=O) groups excluding carboxylic acids is 1. The number of nitriles is 1. The highest BCUT2D eigenvalue weighted by Crippen LogP contribution is 2.36. The van der Waals surface area contributed by atoms with Crippen LogP contribution in [0.3, 0.4) is 0 Å². The molecule has 0 unspecified atom stereocenters. The van der Waals surface area contributed by atoms with Crippen molar-refractivity contribution in [3.63, 3.8) is 0 Å². The van der Waals surface area contributed by atoms with Gasteiger partial charge in [0.2, 0.25) is 0 Å². The number of carbonyl (C=O) groups is 1. The van der Waals surface area contributed by atoms with Crippen molar-refractivity contribution in [1.82, 2.24) is 9.78 Å². The quantitative estimate of drug-likeness (QED) is 0.241. The second-order valence-electron chi connectivity index (χ2n) is 9.53. The fraction of sp³-hybridized carbons (Fsp3) is 0.323. The Bertz CT molecular complexity index is 1500. The summed E-state index contributed by atoms with van der Waals surface area (Å²) in [6.45, 7) is 3.28. The van der Waals surface area contributed by atoms with Gasteiger partial charge in [-0.25, -0.2) is 0 Å². The van der Waals surface area contributed by atoms with Gasteiger partial charge in [-0.3, -0.25) is 9.48 Å². The molecule has 38 heavy (non-hydrogen) atoms. The molecule has 0 amide bonds. The molecule has 1 heterocycles. The molecular formula is C31H31N3O4. The lowest BCUT2D eigenvalue weighted by molar-refractivity contribution is -0.142. The molecule has 1 aromatic heterocycles. The number of rotatable bonds is 10. The minimum atomic E-state index is -0.281. The SMILES string of the molecule is CCOC(=O)Cc1ccccc1OCc1nn(CC2CCC2)c2ccc(-c3cccc(C#N)c3OC)cc12. The van der Waals surface area contributed by atoms with Crippen LogP contribution < -0.4 is 9.47 Å². The van der Waals surface area contributed by atoms with Gasteiger partial charge in [-0.05, 0) is 55.5 Å². The van der Waals surface area contributed by atoms with Gasteiger partial charge in [0.25, 0.3) is 0 Å². The van der Waals surface area contributed by atoms with Crippen LogP contribution in [0.25, 0.3) is 22.0 Å². The zero-order valence-electron chi connectivity index (χ0n) is 21.8. The summed E-state index contributed by atoms with van der Waals surface area (Å²) in [6, 6.07) is 21.6. The highest BCUT2D eigenvalue weighted by molar-refractivity contribution is 5.88. The summed E-state index contributed by atoms with van der Waals surface area (Å²) >= 11 is 0. The van der Waals surface area contributed by atoms with E-state index in [1.165, 1.54) is 19.3 Å². The molecule has 0 N–H and O–H groups in total. The van der Waals surface area contributed by atoms with Gasteiger partial charge in [-0.2, -0.15) is 10.4 Å². The molecule has 7 nitrogen and oxygen atoms in total. The molecule has 0 radical (unpaired) electrons. The van der Waals surface area contributed by atoms with Crippen LogP contribution in [-0.2, 0) is 29.1 Å². The summed E-state index contributed by atoms with van der Waals surface area (Å²) in [5, 5.41) is 15.5. The predicted molar refractivity (Wildman–Crippen MR) is 145 cm³/mol. The molecule has 0 spiro atoms. The second kappa shape index (κ2) is 11.4. The van der Waals surface area contributed by atoms with Crippen molar-refractivity contribution in [2.45, 2.75) is 45.8 Å². The van der Waals surface area contributed by atoms with Crippen LogP contribution in [0.4, 0.5) is 0 Å². The molecule has 1 aliphatic carbocycles. The van der Waals surface area contributed by atoms with Crippen molar-refractivity contribution < 1.29 is 19.0 Å². The highest BCUT2D eigenvalue weighted by atomic mass is 16.5. The Kier molecular flexibility index (Phi) is 7.60. The standard InChI is InChI=1S/C31H31N3O4/c1-3-37-30(35)17-23-10-4-5-13-29(23)38-20-27-26-16-22(25-12-7-11-24(18-32)31(25)36-2)14-15-28(26)34(33-27)19-21-8-6-9-21/h4-5,7,10-16,21H,3,6,8-9,17,19-20H2,1-2H3. The summed E-state index contributed by atoms with van der Waals surface area (Å²) in [7, 11) is 1.59. The van der Waals surface area contributed by atoms with E-state index in [0.29, 0.717) is 29.6 Å². The number of hydrogen-bond acceptors (Lipinski definition) is 6. The van der Waals surface area contributed by atoms with E-state index in [4.69, 9.17) is 19.3 Å². The molecule has 1 aliphatic rings. The van der Waals surface area contributed by atoms with Crippen LogP contribution in [0, 0.1) is 17.2 Å². The molecule has 5 rings (SSSR count). The second-order valence-corrected chi connectivity index (χ2v) is 9.53. The van der Waals surface area contributed by atoms with Gasteiger partial charge in [0.05, 0.1) is 31.2 Å². The number of para-hydroxylation sites is 2. The van der Waals surface area contributed by atoms with E-state index in [2.05, 4.69) is 29.0 Å². The lowest BCUT2D eigenvalue weighted by atomic mass is 9.85. The van der Waals surface area contributed by atoms with Crippen molar-refractivity contribution in [1.29, 1.82) is 5.26 Å². The average Bonchev–Trinajstić information content (AvgIpc) is 3.26. The van der Waals surface area contributed by atoms with Gasteiger partial charge in [-0.15, -0.1) is 0 Å². The molecule has 0 aliphatic heterocycles. The van der Waals surface area contributed by atoms with E-state index in [1.807, 2.05) is 36.4 Å². The number of ether oxygens (including phenoxy) is 3. The monoisotopic (exact) mass is 509 g/mol. The van der Waals surface area contributed by atoms with E-state index >= 15 is 0 Å². The molecule has 0 saturated heterocycles. The first-order valence-electron chi connectivity index (χ1n) is 13.0. The van der Waals surface area contributed by atoms with Crippen molar-refractivity contribution >= 4 is 16.9 Å². The lowest BCUT2D eigenvalue weighted by Crippen LogP contribution is -2.18. The summed E-state index contributed by atoms with van der Waals surface area (Å²) in [5.74, 6) is 1.56. The van der Waals surface area contributed by atoms with Gasteiger partial charge in [0.15, 0.2) is 0 Å². The maximum Gasteiger partial charge on any atom is 0.310 e. The Morgan fingerprint density at radius 1 is 1.13 bits per heavy atom. The molecule has 1 fully saturated rings. The predicted octanol–water partition coefficient (Wildman–Crippen LogP) is 6.07. The topological polar surface area (TPSA) is 86.4 Å². The zero-order chi connectivity index (χ0) is 26.5. The third-order valence-corrected chi connectivity index (χ3v) is 7.11. The van der Waals surface area contributed by atoms with Gasteiger partial charge < -0.3 is 14.2 Å². The fourth-order valence-corrected chi connectivity index (χ4v) is 4.96. The average molecular weight is 510 g/mol. The smallest absolute Gasteiger partial charge is 0.310 e. The molecule has 4 aromatic rings. The lowest BCUT2D eigenvalue weighted by Gasteiger charge is -2.25. The van der Waals surface area contributed by atoms with Gasteiger partial charge in [-0.1, -0.05) is 42.8 Å². The molecule has 1 saturated carbocycles. The molecule has 0 bridgehead atoms. The fourth-order valence-electron chi connectivity index (χ4n) is 4.96. The zero-order valence-corrected chi connectivity index (χ0v) is 21.8. The molecule has 3 aromatic carbocycles. The number of methoxy groups -OCH3 is 1. The first kappa shape index (κ1) is 25.3. The minimum absolute atomic E-state index is 0.153. The molecule has 7 heteroatoms. The van der Waals surface area contributed by atoms with Gasteiger partial charge in [0, 0.05) is 23.1 Å². The van der Waals surface area contributed by atoms with Crippen molar-refractivity contribution in [2.75, 3.05) is 13.7 Å². The van der Waals surface area contributed by atoms with E-state index in [-0.39, 0.29) is 19.0 Å². The van der Waals surface area contributed by atoms with Crippen LogP contribution in [0.5, 0.6) is 11.5 Å². The Labute approximate surface area is 222 Å². The normalized spacial score (nSPS) is 13.1. The number of hydrogen-bond donors (Lipinski definition) is 0. The number of aromatic nitrogens is 2. The Morgan fingerprint density at radius 2 is 1.97 bits per heavy atom. The maximum atomic E-state index is 12.1. The van der Waals surface area contributed by atoms with E-state index in [9.17, 15) is 10.1 Å². The molecule has 194 valence electrons. The van der Waals surface area contributed by atoms with Crippen LogP contribution in [-0.4, -0.2) is 29.5 Å². The van der Waals surface area contributed by atoms with E-state index in [0.717, 1.165) is 39.8 Å². The number of fused-ring (bicyclic) bond motifs is 1. The first-order chi connectivity index (χ1) is 18.6.